The Morgan fingerprint density at radius 1 is 0.602 bits per heavy atom. The average molecular weight is 1970 g/mol. The second-order valence-electron chi connectivity index (χ2n) is 21.9. The fourth-order valence-electron chi connectivity index (χ4n) is 7.69. The molecule has 0 aliphatic carbocycles. The number of halogens is 17. The number of amides is 2. The third-order valence-corrected chi connectivity index (χ3v) is 16.1. The summed E-state index contributed by atoms with van der Waals surface area (Å²) in [5.74, 6) is -8.93. The number of nitriles is 2. The zero-order chi connectivity index (χ0) is 82.7. The molecule has 2 saturated heterocycles. The van der Waals surface area contributed by atoms with Crippen molar-refractivity contribution in [3.8, 4) is 52.4 Å². The minimum absolute atomic E-state index is 0.0191. The Bertz CT molecular complexity index is 3970. The van der Waals surface area contributed by atoms with E-state index in [0.29, 0.717) is 33.1 Å². The summed E-state index contributed by atoms with van der Waals surface area (Å²) in [6, 6.07) is 24.7. The van der Waals surface area contributed by atoms with Gasteiger partial charge in [-0.3, -0.25) is 9.18 Å². The maximum absolute atomic E-state index is 14.7. The minimum Gasteiger partial charge on any atom is -0.516 e. The van der Waals surface area contributed by atoms with Gasteiger partial charge in [-0.1, -0.05) is 70.4 Å². The van der Waals surface area contributed by atoms with Crippen LogP contribution in [-0.4, -0.2) is 153 Å². The number of hydrogen-bond donors (Lipinski definition) is 3. The lowest BCUT2D eigenvalue weighted by molar-refractivity contribution is -0.147. The van der Waals surface area contributed by atoms with Crippen LogP contribution in [0.1, 0.15) is 86.9 Å². The monoisotopic (exact) mass is 1960 g/mol. The van der Waals surface area contributed by atoms with E-state index in [-0.39, 0.29) is 94.2 Å². The normalized spacial score (nSPS) is 15.1. The van der Waals surface area contributed by atoms with E-state index in [9.17, 15) is 63.5 Å². The van der Waals surface area contributed by atoms with Gasteiger partial charge in [0.1, 0.15) is 40.6 Å². The molecule has 2 amide bonds. The van der Waals surface area contributed by atoms with Crippen LogP contribution >= 0.6 is 118 Å². The number of aromatic hydroxyl groups is 1. The molecule has 6 aromatic rings. The molecule has 103 heavy (non-hydrogen) atoms. The number of ether oxygens (including phenoxy) is 8. The highest BCUT2D eigenvalue weighted by molar-refractivity contribution is 14.1. The summed E-state index contributed by atoms with van der Waals surface area (Å²) < 4.78 is 197. The van der Waals surface area contributed by atoms with Crippen molar-refractivity contribution in [3.63, 3.8) is 0 Å². The molecular weight excluding hydrogens is 1890 g/mol. The number of aliphatic hydroxyl groups excluding tert-OH is 2. The fraction of sp³-hybridized carbons (Fsp3) is 0.368. The van der Waals surface area contributed by atoms with Crippen molar-refractivity contribution in [3.05, 3.63) is 169 Å². The van der Waals surface area contributed by atoms with Gasteiger partial charge in [0.25, 0.3) is 5.92 Å². The third-order valence-electron chi connectivity index (χ3n) is 12.5. The predicted molar refractivity (Wildman–Crippen MR) is 398 cm³/mol. The van der Waals surface area contributed by atoms with E-state index >= 15 is 0 Å². The molecule has 2 unspecified atom stereocenters. The number of nitrogens with zero attached hydrogens (tertiary/aromatic N) is 4. The quantitative estimate of drug-likeness (QED) is 0.0401. The maximum Gasteiger partial charge on any atom is 0.410 e. The largest absolute Gasteiger partial charge is 0.516 e. The number of aldehydes is 1. The van der Waals surface area contributed by atoms with Gasteiger partial charge in [-0.15, -0.1) is 0 Å². The van der Waals surface area contributed by atoms with Gasteiger partial charge in [0.2, 0.25) is 0 Å². The number of alkyl halides is 6. The fourth-order valence-corrected chi connectivity index (χ4v) is 9.99. The Hall–Kier alpha value is -6.48. The zero-order valence-electron chi connectivity index (χ0n) is 60.5. The standard InChI is InChI=1S/C18H21BrF2N2O4.C10H17F2NO3.C9H8BrFO2.C8H5BrFNO.C8H6BrFO2.C7H6BrFO.C6H4BrFO.CH3F.CH3I/c1-17(2,3)27-16(24)23-8-7-14(18(20,21)10-23)26-15-11(9-22)12(19)5-6-13(15)25-4;1-9(2,3)16-8(15)13-5-4-7(14)10(11,12)6-13;1-13-8-3-2-7(10)6(4-5-12)9(8)11;2*1-12-7-3-2-6(9)5(4-11)8(7)10;1-10-7-3-2-5(8)4-6(7)9;7-4-1-2-6(9)5(8)3-4;2*1-2/h5-6,14H,7-8,10H2,1-4H3;7,14H,4-6H2,1-3H3;2-5,12H,1H3;2-3H,1H3;2-4H,1H3;2-4H,1H3;1-3,9H;2*1H3/b;;5-4+;;;;;;/i;;;;;;;1D;1D3. The molecule has 0 aromatic heterocycles. The van der Waals surface area contributed by atoms with Gasteiger partial charge in [0.05, 0.1) is 69.0 Å². The van der Waals surface area contributed by atoms with E-state index in [4.69, 9.17) is 59.2 Å². The lowest BCUT2D eigenvalue weighted by Gasteiger charge is -2.38. The Kier molecular flexibility index (Phi) is 40.7. The molecule has 568 valence electrons. The molecule has 0 spiro atoms. The summed E-state index contributed by atoms with van der Waals surface area (Å²) in [6.07, 6.45) is -2.51. The average Bonchev–Trinajstić information content (AvgIpc) is 0.789. The van der Waals surface area contributed by atoms with Crippen molar-refractivity contribution in [1.82, 2.24) is 9.80 Å². The van der Waals surface area contributed by atoms with Crippen LogP contribution in [0.15, 0.2) is 118 Å². The number of phenolic OH excluding ortho intramolecular Hbond substituents is 1. The van der Waals surface area contributed by atoms with E-state index in [2.05, 4.69) is 100 Å². The van der Waals surface area contributed by atoms with E-state index in [1.165, 1.54) is 107 Å². The predicted octanol–water partition coefficient (Wildman–Crippen LogP) is 20.5. The van der Waals surface area contributed by atoms with Crippen LogP contribution in [0.3, 0.4) is 0 Å². The molecule has 0 bridgehead atoms. The SMILES string of the molecule is CC(C)(C)OC(=O)N1CCC(O)C(F)(F)C1.COc1ccc(Br)c(/C=C/O)c1F.COc1ccc(Br)c(C#N)c1F.COc1ccc(Br)c(C#N)c1OC1CCN(C(=O)OC(C)(C)C)CC1(F)F.COc1ccc(Br)c(C=O)c1F.COc1ccc(Br)cc1F.Oc1ccc(Br)cc1F.[2H]C([2H])([2H])I.[2H]CF. The first-order valence-corrected chi connectivity index (χ1v) is 34.6. The number of likely N-dealkylation sites (tertiary alicyclic amines) is 2. The van der Waals surface area contributed by atoms with E-state index < -0.39 is 95.8 Å². The molecule has 18 nitrogen and oxygen atoms in total. The second kappa shape index (κ2) is 47.2. The van der Waals surface area contributed by atoms with Gasteiger partial charge in [0.15, 0.2) is 81.7 Å². The smallest absolute Gasteiger partial charge is 0.410 e. The summed E-state index contributed by atoms with van der Waals surface area (Å²) in [4.78, 5) is 34.1. The molecule has 2 atom stereocenters. The highest BCUT2D eigenvalue weighted by atomic mass is 127. The minimum atomic E-state index is -3.32. The molecule has 2 aliphatic heterocycles. The lowest BCUT2D eigenvalue weighted by atomic mass is 10.0. The van der Waals surface area contributed by atoms with Crippen LogP contribution in [0, 0.1) is 51.7 Å². The molecule has 2 aliphatic rings. The molecule has 35 heteroatoms. The van der Waals surface area contributed by atoms with Gasteiger partial charge in [-0.25, -0.2) is 49.1 Å². The van der Waals surface area contributed by atoms with E-state index in [0.717, 1.165) is 16.1 Å². The summed E-state index contributed by atoms with van der Waals surface area (Å²) in [7, 11) is 5.89. The Morgan fingerprint density at radius 2 is 0.981 bits per heavy atom. The molecule has 0 radical (unpaired) electrons. The van der Waals surface area contributed by atoms with Gasteiger partial charge in [0, 0.05) is 56.0 Å². The number of phenols is 1. The number of benzene rings is 6. The maximum atomic E-state index is 14.7. The molecule has 0 saturated carbocycles. The van der Waals surface area contributed by atoms with Gasteiger partial charge in [-0.2, -0.15) is 10.5 Å². The zero-order valence-corrected chi connectivity index (χ0v) is 68.1. The molecule has 3 N–H and O–H groups in total. The first-order chi connectivity index (χ1) is 49.6. The van der Waals surface area contributed by atoms with Gasteiger partial charge >= 0.3 is 18.1 Å². The summed E-state index contributed by atoms with van der Waals surface area (Å²) in [5, 5.41) is 44.1. The summed E-state index contributed by atoms with van der Waals surface area (Å²) in [6.45, 7) is 8.53. The Balaban J connectivity index is 0.00000124. The van der Waals surface area contributed by atoms with Gasteiger partial charge in [-0.05, 0) is 192 Å². The first-order valence-electron chi connectivity index (χ1n) is 31.0. The number of hydrogen-bond acceptors (Lipinski definition) is 16. The van der Waals surface area contributed by atoms with Gasteiger partial charge < -0.3 is 63.0 Å². The highest BCUT2D eigenvalue weighted by Crippen LogP contribution is 2.41. The molecule has 8 rings (SSSR count). The molecule has 6 aromatic carbocycles. The molecular formula is C68H73Br6F10IN4O14. The van der Waals surface area contributed by atoms with Crippen molar-refractivity contribution in [2.75, 3.05) is 73.7 Å². The van der Waals surface area contributed by atoms with Crippen LogP contribution in [0.2, 0.25) is 0 Å². The van der Waals surface area contributed by atoms with Crippen LogP contribution < -0.4 is 28.4 Å². The van der Waals surface area contributed by atoms with Crippen molar-refractivity contribution < 1.29 is 117 Å². The highest BCUT2D eigenvalue weighted by Gasteiger charge is 2.49. The second-order valence-corrected chi connectivity index (χ2v) is 27.2. The van der Waals surface area contributed by atoms with Crippen molar-refractivity contribution in [2.24, 2.45) is 0 Å². The van der Waals surface area contributed by atoms with Crippen LogP contribution in [0.5, 0.6) is 40.2 Å². The van der Waals surface area contributed by atoms with E-state index in [1.54, 1.807) is 90.1 Å². The summed E-state index contributed by atoms with van der Waals surface area (Å²) >= 11 is 20.0. The number of aliphatic hydroxyl groups is 2. The van der Waals surface area contributed by atoms with Crippen LogP contribution in [-0.2, 0) is 9.47 Å². The number of carbonyl (C=O) groups is 3. The van der Waals surface area contributed by atoms with E-state index in [1.807, 2.05) is 6.07 Å². The Morgan fingerprint density at radius 3 is 1.37 bits per heavy atom. The number of rotatable bonds is 9. The molecule has 2 heterocycles. The third kappa shape index (κ3) is 32.4. The summed E-state index contributed by atoms with van der Waals surface area (Å²) in [5.41, 5.74) is -1.20. The topological polar surface area (TPSA) is 240 Å². The van der Waals surface area contributed by atoms with Crippen molar-refractivity contribution in [2.45, 2.75) is 89.6 Å². The van der Waals surface area contributed by atoms with Crippen molar-refractivity contribution in [1.29, 1.82) is 10.5 Å². The molecule has 2 fully saturated rings. The number of piperidine rings is 2. The number of carbonyl (C=O) groups excluding carboxylic acids is 3. The first kappa shape index (κ1) is 88.9. The lowest BCUT2D eigenvalue weighted by Crippen LogP contribution is -2.56. The Labute approximate surface area is 660 Å². The van der Waals surface area contributed by atoms with Crippen LogP contribution in [0.4, 0.5) is 53.5 Å². The van der Waals surface area contributed by atoms with Crippen molar-refractivity contribution >= 4 is 143 Å². The number of methoxy groups -OCH3 is 5. The van der Waals surface area contributed by atoms with Crippen LogP contribution in [0.25, 0.3) is 6.08 Å².